The molecule has 3 N–H and O–H groups in total. The van der Waals surface area contributed by atoms with E-state index in [0.717, 1.165) is 5.56 Å². The average Bonchev–Trinajstić information content (AvgIpc) is 2.17. The second-order valence-corrected chi connectivity index (χ2v) is 3.13. The number of hydrogen-bond acceptors (Lipinski definition) is 4. The van der Waals surface area contributed by atoms with Gasteiger partial charge in [-0.3, -0.25) is 9.88 Å². The van der Waals surface area contributed by atoms with Gasteiger partial charge in [0.2, 0.25) is 0 Å². The van der Waals surface area contributed by atoms with Gasteiger partial charge in [-0.25, -0.2) is 0 Å². The predicted molar refractivity (Wildman–Crippen MR) is 50.8 cm³/mol. The van der Waals surface area contributed by atoms with Crippen LogP contribution in [0.3, 0.4) is 0 Å². The van der Waals surface area contributed by atoms with Crippen molar-refractivity contribution in [3.63, 3.8) is 0 Å². The van der Waals surface area contributed by atoms with Crippen molar-refractivity contribution in [2.45, 2.75) is 12.8 Å². The van der Waals surface area contributed by atoms with Gasteiger partial charge in [-0.15, -0.1) is 0 Å². The fourth-order valence-corrected chi connectivity index (χ4v) is 0.974. The highest BCUT2D eigenvalue weighted by atomic mass is 16.3. The highest BCUT2D eigenvalue weighted by molar-refractivity contribution is 5.14. The van der Waals surface area contributed by atoms with E-state index in [1.165, 1.54) is 0 Å². The third-order valence-corrected chi connectivity index (χ3v) is 1.84. The number of pyridine rings is 1. The van der Waals surface area contributed by atoms with Crippen molar-refractivity contribution in [3.05, 3.63) is 29.6 Å². The first-order valence-corrected chi connectivity index (χ1v) is 4.14. The lowest BCUT2D eigenvalue weighted by atomic mass is 10.2. The Morgan fingerprint density at radius 2 is 2.23 bits per heavy atom. The monoisotopic (exact) mass is 181 g/mol. The third kappa shape index (κ3) is 2.48. The molecule has 0 aliphatic rings. The molecule has 0 fully saturated rings. The lowest BCUT2D eigenvalue weighted by Gasteiger charge is -2.17. The maximum atomic E-state index is 9.59. The molecular formula is C9H15N3O. The van der Waals surface area contributed by atoms with Crippen molar-refractivity contribution in [3.8, 4) is 0 Å². The molecule has 0 aromatic carbocycles. The first-order chi connectivity index (χ1) is 6.15. The van der Waals surface area contributed by atoms with E-state index in [-0.39, 0.29) is 0 Å². The van der Waals surface area contributed by atoms with E-state index in [4.69, 9.17) is 5.73 Å². The highest BCUT2D eigenvalue weighted by Gasteiger charge is 2.09. The number of aliphatic hydroxyl groups is 1. The molecule has 0 aliphatic carbocycles. The van der Waals surface area contributed by atoms with Crippen LogP contribution in [0.5, 0.6) is 0 Å². The van der Waals surface area contributed by atoms with Gasteiger partial charge in [-0.1, -0.05) is 6.07 Å². The molecule has 1 aromatic rings. The van der Waals surface area contributed by atoms with Gasteiger partial charge in [0.25, 0.3) is 0 Å². The smallest absolute Gasteiger partial charge is 0.150 e. The molecule has 4 heteroatoms. The van der Waals surface area contributed by atoms with Crippen LogP contribution in [0.1, 0.15) is 17.5 Å². The fraction of sp³-hybridized carbons (Fsp3) is 0.444. The topological polar surface area (TPSA) is 62.4 Å². The molecule has 0 saturated heterocycles. The summed E-state index contributed by atoms with van der Waals surface area (Å²) in [6.07, 6.45) is 1.04. The van der Waals surface area contributed by atoms with Crippen molar-refractivity contribution in [2.75, 3.05) is 14.1 Å². The molecule has 0 saturated carbocycles. The molecule has 1 heterocycles. The lowest BCUT2D eigenvalue weighted by Crippen LogP contribution is -2.20. The largest absolute Gasteiger partial charge is 0.372 e. The maximum Gasteiger partial charge on any atom is 0.150 e. The molecule has 0 bridgehead atoms. The van der Waals surface area contributed by atoms with Crippen LogP contribution >= 0.6 is 0 Å². The first kappa shape index (κ1) is 10.1. The third-order valence-electron chi connectivity index (χ3n) is 1.84. The molecule has 4 nitrogen and oxygen atoms in total. The fourth-order valence-electron chi connectivity index (χ4n) is 0.974. The Morgan fingerprint density at radius 1 is 1.54 bits per heavy atom. The summed E-state index contributed by atoms with van der Waals surface area (Å²) in [5.74, 6) is 0. The Bertz CT molecular complexity index is 258. The van der Waals surface area contributed by atoms with Gasteiger partial charge in [0.05, 0.1) is 5.69 Å². The van der Waals surface area contributed by atoms with E-state index in [9.17, 15) is 5.11 Å². The van der Waals surface area contributed by atoms with Gasteiger partial charge in [-0.2, -0.15) is 0 Å². The quantitative estimate of drug-likeness (QED) is 0.649. The zero-order valence-electron chi connectivity index (χ0n) is 7.94. The van der Waals surface area contributed by atoms with Crippen LogP contribution in [0, 0.1) is 0 Å². The minimum atomic E-state index is -0.646. The van der Waals surface area contributed by atoms with E-state index in [1.807, 2.05) is 6.07 Å². The van der Waals surface area contributed by atoms with Gasteiger partial charge < -0.3 is 10.8 Å². The molecule has 72 valence electrons. The Hall–Kier alpha value is -0.970. The minimum Gasteiger partial charge on any atom is -0.372 e. The summed E-state index contributed by atoms with van der Waals surface area (Å²) in [5, 5.41) is 9.59. The van der Waals surface area contributed by atoms with Gasteiger partial charge in [0, 0.05) is 12.7 Å². The molecule has 1 unspecified atom stereocenters. The summed E-state index contributed by atoms with van der Waals surface area (Å²) in [7, 11) is 3.59. The number of aromatic nitrogens is 1. The highest BCUT2D eigenvalue weighted by Crippen LogP contribution is 2.11. The van der Waals surface area contributed by atoms with E-state index in [1.54, 1.807) is 31.3 Å². The zero-order valence-corrected chi connectivity index (χ0v) is 7.94. The van der Waals surface area contributed by atoms with Crippen LogP contribution in [0.2, 0.25) is 0 Å². The van der Waals surface area contributed by atoms with Crippen LogP contribution in [-0.4, -0.2) is 29.1 Å². The lowest BCUT2D eigenvalue weighted by molar-refractivity contribution is 0.0358. The molecule has 1 aromatic heterocycles. The summed E-state index contributed by atoms with van der Waals surface area (Å²) in [4.78, 5) is 5.78. The van der Waals surface area contributed by atoms with Crippen molar-refractivity contribution in [1.82, 2.24) is 9.88 Å². The maximum absolute atomic E-state index is 9.59. The van der Waals surface area contributed by atoms with Crippen LogP contribution in [-0.2, 0) is 6.54 Å². The number of nitrogens with zero attached hydrogens (tertiary/aromatic N) is 2. The van der Waals surface area contributed by atoms with E-state index < -0.39 is 6.23 Å². The molecule has 0 spiro atoms. The van der Waals surface area contributed by atoms with Crippen LogP contribution in [0.15, 0.2) is 18.3 Å². The van der Waals surface area contributed by atoms with Gasteiger partial charge in [0.15, 0.2) is 0 Å². The van der Waals surface area contributed by atoms with Crippen LogP contribution < -0.4 is 5.73 Å². The van der Waals surface area contributed by atoms with Crippen molar-refractivity contribution in [1.29, 1.82) is 0 Å². The minimum absolute atomic E-state index is 0.478. The molecule has 1 rings (SSSR count). The second kappa shape index (κ2) is 4.32. The predicted octanol–water partition coefficient (Wildman–Crippen LogP) is 0.0928. The SMILES string of the molecule is CN(C)C(O)c1ccc(CN)cn1. The number of rotatable bonds is 3. The Balaban J connectivity index is 2.79. The Morgan fingerprint density at radius 3 is 2.62 bits per heavy atom. The van der Waals surface area contributed by atoms with Crippen LogP contribution in [0.4, 0.5) is 0 Å². The molecule has 1 atom stereocenters. The average molecular weight is 181 g/mol. The van der Waals surface area contributed by atoms with E-state index >= 15 is 0 Å². The molecule has 13 heavy (non-hydrogen) atoms. The summed E-state index contributed by atoms with van der Waals surface area (Å²) in [5.41, 5.74) is 7.03. The Kier molecular flexibility index (Phi) is 3.36. The molecule has 0 aliphatic heterocycles. The van der Waals surface area contributed by atoms with E-state index in [0.29, 0.717) is 12.2 Å². The summed E-state index contributed by atoms with van der Waals surface area (Å²) >= 11 is 0. The number of aliphatic hydroxyl groups excluding tert-OH is 1. The van der Waals surface area contributed by atoms with E-state index in [2.05, 4.69) is 4.98 Å². The van der Waals surface area contributed by atoms with Crippen molar-refractivity contribution in [2.24, 2.45) is 5.73 Å². The molecule has 0 radical (unpaired) electrons. The van der Waals surface area contributed by atoms with Crippen LogP contribution in [0.25, 0.3) is 0 Å². The Labute approximate surface area is 78.0 Å². The molecular weight excluding hydrogens is 166 g/mol. The standard InChI is InChI=1S/C9H15N3O/c1-12(2)9(13)8-4-3-7(5-10)6-11-8/h3-4,6,9,13H,5,10H2,1-2H3. The van der Waals surface area contributed by atoms with Gasteiger partial charge in [0.1, 0.15) is 6.23 Å². The van der Waals surface area contributed by atoms with Gasteiger partial charge >= 0.3 is 0 Å². The summed E-state index contributed by atoms with van der Waals surface area (Å²) in [6.45, 7) is 0.478. The zero-order chi connectivity index (χ0) is 9.84. The normalized spacial score (nSPS) is 13.3. The number of hydrogen-bond donors (Lipinski definition) is 2. The first-order valence-electron chi connectivity index (χ1n) is 4.14. The number of nitrogens with two attached hydrogens (primary N) is 1. The summed E-state index contributed by atoms with van der Waals surface area (Å²) in [6, 6.07) is 3.65. The summed E-state index contributed by atoms with van der Waals surface area (Å²) < 4.78 is 0. The van der Waals surface area contributed by atoms with Crippen molar-refractivity contribution < 1.29 is 5.11 Å². The second-order valence-electron chi connectivity index (χ2n) is 3.13. The van der Waals surface area contributed by atoms with Crippen molar-refractivity contribution >= 4 is 0 Å². The van der Waals surface area contributed by atoms with Gasteiger partial charge in [-0.05, 0) is 25.7 Å². The molecule has 0 amide bonds.